The molecule has 0 atom stereocenters. The molecule has 1 saturated heterocycles. The molecule has 150 valence electrons. The van der Waals surface area contributed by atoms with E-state index in [0.29, 0.717) is 17.5 Å². The van der Waals surface area contributed by atoms with Crippen LogP contribution in [0.4, 0.5) is 0 Å². The van der Waals surface area contributed by atoms with Crippen molar-refractivity contribution in [3.63, 3.8) is 0 Å². The molecular weight excluding hydrogens is 364 g/mol. The van der Waals surface area contributed by atoms with Crippen LogP contribution in [0.3, 0.4) is 0 Å². The fourth-order valence-corrected chi connectivity index (χ4v) is 4.02. The minimum atomic E-state index is -0.487. The van der Waals surface area contributed by atoms with Gasteiger partial charge in [-0.15, -0.1) is 0 Å². The molecule has 0 unspecified atom stereocenters. The first-order chi connectivity index (χ1) is 14.2. The molecule has 5 nitrogen and oxygen atoms in total. The lowest BCUT2D eigenvalue weighted by molar-refractivity contribution is 0.0920. The second-order valence-electron chi connectivity index (χ2n) is 7.52. The van der Waals surface area contributed by atoms with Crippen LogP contribution in [-0.4, -0.2) is 37.0 Å². The molecule has 5 heteroatoms. The molecule has 0 bridgehead atoms. The molecule has 1 fully saturated rings. The fraction of sp³-hybridized carbons (Fsp3) is 0.333. The van der Waals surface area contributed by atoms with Gasteiger partial charge in [-0.05, 0) is 50.5 Å². The molecule has 2 aromatic carbocycles. The Morgan fingerprint density at radius 1 is 0.931 bits per heavy atom. The van der Waals surface area contributed by atoms with E-state index in [1.54, 1.807) is 12.1 Å². The van der Waals surface area contributed by atoms with Crippen molar-refractivity contribution >= 4 is 16.7 Å². The molecule has 1 aromatic heterocycles. The van der Waals surface area contributed by atoms with E-state index in [0.717, 1.165) is 37.0 Å². The summed E-state index contributed by atoms with van der Waals surface area (Å²) in [7, 11) is 0. The number of fused-ring (bicyclic) bond motifs is 1. The van der Waals surface area contributed by atoms with E-state index in [4.69, 9.17) is 4.42 Å². The lowest BCUT2D eigenvalue weighted by Gasteiger charge is -2.26. The minimum absolute atomic E-state index is 0.0814. The van der Waals surface area contributed by atoms with Crippen LogP contribution in [-0.2, 0) is 0 Å². The van der Waals surface area contributed by atoms with Crippen LogP contribution in [0.1, 0.15) is 36.2 Å². The van der Waals surface area contributed by atoms with Crippen LogP contribution in [0.25, 0.3) is 21.9 Å². The summed E-state index contributed by atoms with van der Waals surface area (Å²) < 4.78 is 5.51. The first kappa shape index (κ1) is 19.4. The van der Waals surface area contributed by atoms with E-state index >= 15 is 0 Å². The predicted octanol–water partition coefficient (Wildman–Crippen LogP) is 4.07. The molecule has 1 aliphatic heterocycles. The van der Waals surface area contributed by atoms with Crippen molar-refractivity contribution in [2.75, 3.05) is 26.2 Å². The van der Waals surface area contributed by atoms with Crippen molar-refractivity contribution in [3.8, 4) is 11.1 Å². The number of benzene rings is 2. The topological polar surface area (TPSA) is 62.6 Å². The van der Waals surface area contributed by atoms with E-state index < -0.39 is 5.63 Å². The number of nitrogens with one attached hydrogen (secondary N) is 1. The highest BCUT2D eigenvalue weighted by atomic mass is 16.4. The van der Waals surface area contributed by atoms with Crippen LogP contribution in [0.15, 0.2) is 63.8 Å². The van der Waals surface area contributed by atoms with Crippen molar-refractivity contribution in [1.29, 1.82) is 0 Å². The van der Waals surface area contributed by atoms with Gasteiger partial charge in [0.15, 0.2) is 0 Å². The molecule has 4 rings (SSSR count). The van der Waals surface area contributed by atoms with Crippen LogP contribution in [0.5, 0.6) is 0 Å². The highest BCUT2D eigenvalue weighted by molar-refractivity contribution is 6.07. The van der Waals surface area contributed by atoms with Crippen LogP contribution in [0, 0.1) is 0 Å². The van der Waals surface area contributed by atoms with E-state index in [9.17, 15) is 9.59 Å². The lowest BCUT2D eigenvalue weighted by Crippen LogP contribution is -2.33. The van der Waals surface area contributed by atoms with Gasteiger partial charge in [-0.25, -0.2) is 4.79 Å². The number of rotatable bonds is 6. The first-order valence-electron chi connectivity index (χ1n) is 10.4. The van der Waals surface area contributed by atoms with Gasteiger partial charge in [0.2, 0.25) is 5.76 Å². The van der Waals surface area contributed by atoms with E-state index in [1.807, 2.05) is 42.5 Å². The van der Waals surface area contributed by atoms with Gasteiger partial charge in [0.1, 0.15) is 0 Å². The van der Waals surface area contributed by atoms with Gasteiger partial charge in [0, 0.05) is 17.5 Å². The van der Waals surface area contributed by atoms with Gasteiger partial charge in [-0.2, -0.15) is 0 Å². The highest BCUT2D eigenvalue weighted by Gasteiger charge is 2.21. The highest BCUT2D eigenvalue weighted by Crippen LogP contribution is 2.30. The number of carbonyl (C=O) groups excluding carboxylic acids is 1. The number of hydrogen-bond donors (Lipinski definition) is 1. The largest absolute Gasteiger partial charge is 0.416 e. The molecule has 1 aliphatic rings. The van der Waals surface area contributed by atoms with E-state index in [2.05, 4.69) is 10.2 Å². The SMILES string of the molecule is O=C(NCCCN1CCCCC1)c1oc(=O)c2ccccc2c1-c1ccccc1. The zero-order valence-corrected chi connectivity index (χ0v) is 16.5. The Hall–Kier alpha value is -2.92. The third-order valence-corrected chi connectivity index (χ3v) is 5.49. The summed E-state index contributed by atoms with van der Waals surface area (Å²) in [5.41, 5.74) is 1.03. The smallest absolute Gasteiger partial charge is 0.344 e. The average Bonchev–Trinajstić information content (AvgIpc) is 2.78. The summed E-state index contributed by atoms with van der Waals surface area (Å²) in [4.78, 5) is 27.8. The summed E-state index contributed by atoms with van der Waals surface area (Å²) in [6.45, 7) is 3.82. The number of hydrogen-bond acceptors (Lipinski definition) is 4. The average molecular weight is 390 g/mol. The number of piperidine rings is 1. The Balaban J connectivity index is 1.57. The number of carbonyl (C=O) groups is 1. The lowest BCUT2D eigenvalue weighted by atomic mass is 9.98. The molecule has 1 N–H and O–H groups in total. The van der Waals surface area contributed by atoms with E-state index in [-0.39, 0.29) is 11.7 Å². The van der Waals surface area contributed by atoms with Crippen molar-refractivity contribution in [3.05, 3.63) is 70.8 Å². The summed E-state index contributed by atoms with van der Waals surface area (Å²) in [6.07, 6.45) is 4.71. The van der Waals surface area contributed by atoms with Gasteiger partial charge in [0.05, 0.1) is 5.39 Å². The molecule has 0 radical (unpaired) electrons. The Labute approximate surface area is 170 Å². The van der Waals surface area contributed by atoms with Crippen molar-refractivity contribution < 1.29 is 9.21 Å². The third kappa shape index (κ3) is 4.40. The first-order valence-corrected chi connectivity index (χ1v) is 10.4. The zero-order valence-electron chi connectivity index (χ0n) is 16.5. The maximum absolute atomic E-state index is 12.9. The molecule has 0 spiro atoms. The maximum atomic E-state index is 12.9. The van der Waals surface area contributed by atoms with Gasteiger partial charge in [-0.3, -0.25) is 4.79 Å². The quantitative estimate of drug-likeness (QED) is 0.645. The molecule has 1 amide bonds. The summed E-state index contributed by atoms with van der Waals surface area (Å²) >= 11 is 0. The molecular formula is C24H26N2O3. The van der Waals surface area contributed by atoms with Crippen molar-refractivity contribution in [1.82, 2.24) is 10.2 Å². The summed E-state index contributed by atoms with van der Waals surface area (Å²) in [5.74, 6) is -0.261. The summed E-state index contributed by atoms with van der Waals surface area (Å²) in [6, 6.07) is 16.9. The predicted molar refractivity (Wildman–Crippen MR) is 115 cm³/mol. The number of amides is 1. The van der Waals surface area contributed by atoms with Gasteiger partial charge in [0.25, 0.3) is 5.91 Å². The number of nitrogens with zero attached hydrogens (tertiary/aromatic N) is 1. The molecule has 29 heavy (non-hydrogen) atoms. The Morgan fingerprint density at radius 3 is 2.38 bits per heavy atom. The standard InChI is InChI=1S/C24H26N2O3/c27-23(25-14-9-17-26-15-7-2-8-16-26)22-21(18-10-3-1-4-11-18)19-12-5-6-13-20(19)24(28)29-22/h1,3-6,10-13H,2,7-9,14-17H2,(H,25,27). The Kier molecular flexibility index (Phi) is 6.06. The second-order valence-corrected chi connectivity index (χ2v) is 7.52. The van der Waals surface area contributed by atoms with Crippen LogP contribution < -0.4 is 10.9 Å². The maximum Gasteiger partial charge on any atom is 0.344 e. The monoisotopic (exact) mass is 390 g/mol. The second kappa shape index (κ2) is 9.05. The third-order valence-electron chi connectivity index (χ3n) is 5.49. The molecule has 2 heterocycles. The fourth-order valence-electron chi connectivity index (χ4n) is 4.02. The normalized spacial score (nSPS) is 14.8. The molecule has 0 saturated carbocycles. The zero-order chi connectivity index (χ0) is 20.1. The molecule has 0 aliphatic carbocycles. The van der Waals surface area contributed by atoms with Gasteiger partial charge < -0.3 is 14.6 Å². The Bertz CT molecular complexity index is 1040. The Morgan fingerprint density at radius 2 is 1.62 bits per heavy atom. The van der Waals surface area contributed by atoms with Crippen molar-refractivity contribution in [2.45, 2.75) is 25.7 Å². The van der Waals surface area contributed by atoms with Gasteiger partial charge in [-0.1, -0.05) is 55.0 Å². The molecule has 3 aromatic rings. The van der Waals surface area contributed by atoms with Crippen LogP contribution in [0.2, 0.25) is 0 Å². The van der Waals surface area contributed by atoms with Crippen molar-refractivity contribution in [2.24, 2.45) is 0 Å². The minimum Gasteiger partial charge on any atom is -0.416 e. The van der Waals surface area contributed by atoms with E-state index in [1.165, 1.54) is 19.3 Å². The van der Waals surface area contributed by atoms with Crippen LogP contribution >= 0.6 is 0 Å². The summed E-state index contributed by atoms with van der Waals surface area (Å²) in [5, 5.41) is 4.15. The number of likely N-dealkylation sites (tertiary alicyclic amines) is 1. The van der Waals surface area contributed by atoms with Gasteiger partial charge >= 0.3 is 5.63 Å².